The highest BCUT2D eigenvalue weighted by Crippen LogP contribution is 2.21. The Morgan fingerprint density at radius 2 is 2.18 bits per heavy atom. The zero-order chi connectivity index (χ0) is 12.3. The molecule has 0 unspecified atom stereocenters. The molecule has 4 nitrogen and oxygen atoms in total. The van der Waals surface area contributed by atoms with Crippen molar-refractivity contribution in [1.29, 1.82) is 0 Å². The lowest BCUT2D eigenvalue weighted by Gasteiger charge is -2.01. The molecular weight excluding hydrogens is 216 g/mol. The summed E-state index contributed by atoms with van der Waals surface area (Å²) in [6.45, 7) is 0.660. The quantitative estimate of drug-likeness (QED) is 0.867. The molecule has 0 aliphatic heterocycles. The number of hydrogen-bond acceptors (Lipinski definition) is 3. The molecule has 1 aromatic carbocycles. The number of rotatable bonds is 4. The molecule has 2 aromatic rings. The number of carbonyl (C=O) groups is 1. The number of aromatic nitrogens is 1. The van der Waals surface area contributed by atoms with Gasteiger partial charge in [0.2, 0.25) is 0 Å². The van der Waals surface area contributed by atoms with E-state index in [9.17, 15) is 4.79 Å². The second-order valence-corrected chi connectivity index (χ2v) is 3.91. The number of carbonyl (C=O) groups excluding carboxylic acids is 1. The topological polar surface area (TPSA) is 57.2 Å². The Morgan fingerprint density at radius 1 is 1.41 bits per heavy atom. The fraction of sp³-hybridized carbons (Fsp3) is 0.308. The van der Waals surface area contributed by atoms with Gasteiger partial charge in [0.05, 0.1) is 5.52 Å². The van der Waals surface area contributed by atoms with Crippen LogP contribution in [0.1, 0.15) is 10.4 Å². The molecular formula is C13H16N2O2. The zero-order valence-electron chi connectivity index (χ0n) is 9.85. The van der Waals surface area contributed by atoms with Crippen LogP contribution >= 0.6 is 0 Å². The normalized spacial score (nSPS) is 10.9. The van der Waals surface area contributed by atoms with Crippen LogP contribution in [0.15, 0.2) is 30.5 Å². The van der Waals surface area contributed by atoms with Crippen LogP contribution in [0.5, 0.6) is 0 Å². The number of methoxy groups -OCH3 is 1. The third kappa shape index (κ3) is 2.23. The van der Waals surface area contributed by atoms with Crippen LogP contribution in [0.25, 0.3) is 10.9 Å². The number of para-hydroxylation sites is 1. The van der Waals surface area contributed by atoms with Gasteiger partial charge < -0.3 is 10.5 Å². The van der Waals surface area contributed by atoms with Crippen LogP contribution in [0.4, 0.5) is 0 Å². The highest BCUT2D eigenvalue weighted by atomic mass is 16.5. The molecule has 1 heterocycles. The van der Waals surface area contributed by atoms with E-state index in [0.717, 1.165) is 22.9 Å². The first kappa shape index (κ1) is 11.8. The number of benzene rings is 1. The van der Waals surface area contributed by atoms with Gasteiger partial charge in [0.25, 0.3) is 5.91 Å². The molecule has 0 aliphatic carbocycles. The van der Waals surface area contributed by atoms with Crippen molar-refractivity contribution in [2.75, 3.05) is 20.3 Å². The predicted molar refractivity (Wildman–Crippen MR) is 67.2 cm³/mol. The van der Waals surface area contributed by atoms with Crippen molar-refractivity contribution < 1.29 is 9.53 Å². The van der Waals surface area contributed by atoms with E-state index in [-0.39, 0.29) is 12.5 Å². The minimum atomic E-state index is -0.0630. The standard InChI is InChI=1S/C13H16N2O2/c1-17-9-13(16)15-8-10(6-7-14)11-4-2-3-5-12(11)15/h2-5,8H,6-7,9,14H2,1H3. The van der Waals surface area contributed by atoms with Crippen LogP contribution < -0.4 is 5.73 Å². The maximum Gasteiger partial charge on any atom is 0.257 e. The minimum absolute atomic E-state index is 0.0630. The highest BCUT2D eigenvalue weighted by molar-refractivity contribution is 5.95. The first-order chi connectivity index (χ1) is 8.27. The first-order valence-electron chi connectivity index (χ1n) is 5.59. The second kappa shape index (κ2) is 5.12. The summed E-state index contributed by atoms with van der Waals surface area (Å²) in [4.78, 5) is 11.9. The van der Waals surface area contributed by atoms with Gasteiger partial charge in [-0.2, -0.15) is 0 Å². The number of hydrogen-bond donors (Lipinski definition) is 1. The molecule has 0 saturated heterocycles. The fourth-order valence-electron chi connectivity index (χ4n) is 2.00. The summed E-state index contributed by atoms with van der Waals surface area (Å²) in [7, 11) is 1.52. The van der Waals surface area contributed by atoms with E-state index < -0.39 is 0 Å². The lowest BCUT2D eigenvalue weighted by Crippen LogP contribution is -2.15. The van der Waals surface area contributed by atoms with Crippen molar-refractivity contribution in [1.82, 2.24) is 4.57 Å². The Labute approximate surface area is 100.0 Å². The third-order valence-corrected chi connectivity index (χ3v) is 2.74. The molecule has 2 N–H and O–H groups in total. The van der Waals surface area contributed by atoms with Crippen LogP contribution in [0.3, 0.4) is 0 Å². The van der Waals surface area contributed by atoms with E-state index in [1.807, 2.05) is 30.5 Å². The SMILES string of the molecule is COCC(=O)n1cc(CCN)c2ccccc21. The molecule has 0 amide bonds. The Balaban J connectivity index is 2.52. The van der Waals surface area contributed by atoms with Gasteiger partial charge in [-0.1, -0.05) is 18.2 Å². The average Bonchev–Trinajstić information content (AvgIpc) is 2.70. The number of fused-ring (bicyclic) bond motifs is 1. The van der Waals surface area contributed by atoms with E-state index in [1.165, 1.54) is 7.11 Å². The van der Waals surface area contributed by atoms with Crippen LogP contribution in [0.2, 0.25) is 0 Å². The molecule has 0 atom stereocenters. The first-order valence-corrected chi connectivity index (χ1v) is 5.59. The average molecular weight is 232 g/mol. The van der Waals surface area contributed by atoms with E-state index in [2.05, 4.69) is 0 Å². The molecule has 2 rings (SSSR count). The summed E-state index contributed by atoms with van der Waals surface area (Å²) in [5.41, 5.74) is 7.60. The van der Waals surface area contributed by atoms with Crippen LogP contribution in [-0.2, 0) is 11.2 Å². The van der Waals surface area contributed by atoms with E-state index in [4.69, 9.17) is 10.5 Å². The van der Waals surface area contributed by atoms with Gasteiger partial charge in [-0.3, -0.25) is 9.36 Å². The van der Waals surface area contributed by atoms with Crippen molar-refractivity contribution in [3.05, 3.63) is 36.0 Å². The maximum absolute atomic E-state index is 11.9. The summed E-state index contributed by atoms with van der Waals surface area (Å²) in [6.07, 6.45) is 2.63. The molecule has 1 aromatic heterocycles. The molecule has 0 aliphatic rings. The molecule has 0 bridgehead atoms. The largest absolute Gasteiger partial charge is 0.375 e. The van der Waals surface area contributed by atoms with Gasteiger partial charge in [-0.15, -0.1) is 0 Å². The molecule has 0 spiro atoms. The van der Waals surface area contributed by atoms with Crippen molar-refractivity contribution in [3.8, 4) is 0 Å². The molecule has 0 saturated carbocycles. The summed E-state index contributed by atoms with van der Waals surface area (Å²) in [5, 5.41) is 1.09. The minimum Gasteiger partial charge on any atom is -0.375 e. The molecule has 0 radical (unpaired) electrons. The Hall–Kier alpha value is -1.65. The number of nitrogens with two attached hydrogens (primary N) is 1. The fourth-order valence-corrected chi connectivity index (χ4v) is 2.00. The second-order valence-electron chi connectivity index (χ2n) is 3.91. The lowest BCUT2D eigenvalue weighted by molar-refractivity contribution is 0.0767. The Kier molecular flexibility index (Phi) is 3.56. The molecule has 4 heteroatoms. The van der Waals surface area contributed by atoms with E-state index in [0.29, 0.717) is 6.54 Å². The summed E-state index contributed by atoms with van der Waals surface area (Å²) in [6, 6.07) is 7.83. The van der Waals surface area contributed by atoms with Gasteiger partial charge in [0.1, 0.15) is 6.61 Å². The summed E-state index contributed by atoms with van der Waals surface area (Å²) < 4.78 is 6.52. The van der Waals surface area contributed by atoms with Gasteiger partial charge in [0, 0.05) is 18.7 Å². The van der Waals surface area contributed by atoms with Crippen molar-refractivity contribution in [3.63, 3.8) is 0 Å². The van der Waals surface area contributed by atoms with Gasteiger partial charge >= 0.3 is 0 Å². The molecule has 0 fully saturated rings. The van der Waals surface area contributed by atoms with Gasteiger partial charge in [-0.25, -0.2) is 0 Å². The Bertz CT molecular complexity index is 531. The monoisotopic (exact) mass is 232 g/mol. The third-order valence-electron chi connectivity index (χ3n) is 2.74. The zero-order valence-corrected chi connectivity index (χ0v) is 9.85. The Morgan fingerprint density at radius 3 is 2.88 bits per heavy atom. The van der Waals surface area contributed by atoms with Crippen LogP contribution in [-0.4, -0.2) is 30.7 Å². The summed E-state index contributed by atoms with van der Waals surface area (Å²) in [5.74, 6) is -0.0630. The number of nitrogens with zero attached hydrogens (tertiary/aromatic N) is 1. The number of ether oxygens (including phenoxy) is 1. The van der Waals surface area contributed by atoms with Crippen molar-refractivity contribution >= 4 is 16.8 Å². The van der Waals surface area contributed by atoms with Gasteiger partial charge in [0.15, 0.2) is 0 Å². The van der Waals surface area contributed by atoms with Crippen LogP contribution in [0, 0.1) is 0 Å². The predicted octanol–water partition coefficient (Wildman–Crippen LogP) is 1.43. The lowest BCUT2D eigenvalue weighted by atomic mass is 10.1. The van der Waals surface area contributed by atoms with E-state index in [1.54, 1.807) is 4.57 Å². The van der Waals surface area contributed by atoms with Crippen molar-refractivity contribution in [2.24, 2.45) is 5.73 Å². The highest BCUT2D eigenvalue weighted by Gasteiger charge is 2.12. The van der Waals surface area contributed by atoms with E-state index >= 15 is 0 Å². The molecule has 90 valence electrons. The maximum atomic E-state index is 11.9. The summed E-state index contributed by atoms with van der Waals surface area (Å²) >= 11 is 0. The molecule has 17 heavy (non-hydrogen) atoms. The smallest absolute Gasteiger partial charge is 0.257 e. The van der Waals surface area contributed by atoms with Gasteiger partial charge in [-0.05, 0) is 24.6 Å². The van der Waals surface area contributed by atoms with Crippen molar-refractivity contribution in [2.45, 2.75) is 6.42 Å².